The van der Waals surface area contributed by atoms with Crippen LogP contribution < -0.4 is 10.6 Å². The van der Waals surface area contributed by atoms with E-state index in [9.17, 15) is 14.9 Å². The van der Waals surface area contributed by atoms with E-state index in [1.807, 2.05) is 30.3 Å². The molecular weight excluding hydrogens is 326 g/mol. The lowest BCUT2D eigenvalue weighted by atomic mass is 10.2. The lowest BCUT2D eigenvalue weighted by molar-refractivity contribution is -0.384. The number of nitrogens with one attached hydrogen (secondary N) is 2. The molecule has 0 radical (unpaired) electrons. The van der Waals surface area contributed by atoms with Crippen LogP contribution in [0.4, 0.5) is 5.69 Å². The van der Waals surface area contributed by atoms with Crippen molar-refractivity contribution in [3.05, 3.63) is 81.9 Å². The van der Waals surface area contributed by atoms with Gasteiger partial charge in [-0.05, 0) is 29.4 Å². The monoisotopic (exact) mass is 341 g/mol. The summed E-state index contributed by atoms with van der Waals surface area (Å²) in [5.74, 6) is -0.410. The number of thiocarbonyl (C=S) groups is 1. The van der Waals surface area contributed by atoms with Gasteiger partial charge >= 0.3 is 0 Å². The molecule has 7 heteroatoms. The fourth-order valence-electron chi connectivity index (χ4n) is 1.89. The summed E-state index contributed by atoms with van der Waals surface area (Å²) in [5.41, 5.74) is 1.57. The summed E-state index contributed by atoms with van der Waals surface area (Å²) in [6, 6.07) is 15.6. The maximum atomic E-state index is 11.8. The molecule has 24 heavy (non-hydrogen) atoms. The predicted octanol–water partition coefficient (Wildman–Crippen LogP) is 2.80. The normalized spacial score (nSPS) is 10.3. The van der Waals surface area contributed by atoms with Crippen molar-refractivity contribution < 1.29 is 9.72 Å². The van der Waals surface area contributed by atoms with Gasteiger partial charge in [0.05, 0.1) is 4.92 Å². The number of nitro groups is 1. The maximum absolute atomic E-state index is 11.8. The van der Waals surface area contributed by atoms with Crippen molar-refractivity contribution >= 4 is 35.0 Å². The molecule has 0 heterocycles. The van der Waals surface area contributed by atoms with Crippen LogP contribution in [-0.2, 0) is 11.3 Å². The highest BCUT2D eigenvalue weighted by Gasteiger charge is 2.05. The number of amides is 1. The van der Waals surface area contributed by atoms with Crippen molar-refractivity contribution in [3.8, 4) is 0 Å². The summed E-state index contributed by atoms with van der Waals surface area (Å²) in [5, 5.41) is 16.4. The molecule has 2 aromatic rings. The van der Waals surface area contributed by atoms with Gasteiger partial charge in [0.1, 0.15) is 0 Å². The average Bonchev–Trinajstić information content (AvgIpc) is 2.59. The number of carbonyl (C=O) groups is 1. The van der Waals surface area contributed by atoms with Crippen LogP contribution in [-0.4, -0.2) is 15.9 Å². The van der Waals surface area contributed by atoms with E-state index in [2.05, 4.69) is 10.6 Å². The second-order valence-corrected chi connectivity index (χ2v) is 5.25. The third-order valence-corrected chi connectivity index (χ3v) is 3.29. The highest BCUT2D eigenvalue weighted by Crippen LogP contribution is 2.13. The van der Waals surface area contributed by atoms with E-state index in [4.69, 9.17) is 12.2 Å². The summed E-state index contributed by atoms with van der Waals surface area (Å²) in [6.07, 6.45) is 2.76. The van der Waals surface area contributed by atoms with Gasteiger partial charge in [-0.2, -0.15) is 0 Å². The Morgan fingerprint density at radius 2 is 1.92 bits per heavy atom. The Bertz CT molecular complexity index is 776. The van der Waals surface area contributed by atoms with Gasteiger partial charge in [0, 0.05) is 24.8 Å². The van der Waals surface area contributed by atoms with Gasteiger partial charge in [-0.15, -0.1) is 0 Å². The molecule has 122 valence electrons. The summed E-state index contributed by atoms with van der Waals surface area (Å²) in [6.45, 7) is 0.508. The minimum Gasteiger partial charge on any atom is -0.358 e. The van der Waals surface area contributed by atoms with Gasteiger partial charge in [-0.1, -0.05) is 42.5 Å². The number of non-ortho nitro benzene ring substituents is 1. The van der Waals surface area contributed by atoms with Crippen LogP contribution in [0.25, 0.3) is 6.08 Å². The molecule has 0 aliphatic heterocycles. The third kappa shape index (κ3) is 5.62. The third-order valence-electron chi connectivity index (χ3n) is 3.04. The zero-order valence-electron chi connectivity index (χ0n) is 12.6. The van der Waals surface area contributed by atoms with Gasteiger partial charge < -0.3 is 5.32 Å². The Labute approximate surface area is 144 Å². The van der Waals surface area contributed by atoms with Gasteiger partial charge in [-0.25, -0.2) is 0 Å². The number of benzene rings is 2. The quantitative estimate of drug-likeness (QED) is 0.378. The van der Waals surface area contributed by atoms with E-state index < -0.39 is 10.8 Å². The van der Waals surface area contributed by atoms with Crippen LogP contribution in [0.15, 0.2) is 60.7 Å². The van der Waals surface area contributed by atoms with Crippen LogP contribution in [0.3, 0.4) is 0 Å². The maximum Gasteiger partial charge on any atom is 0.270 e. The molecule has 6 nitrogen and oxygen atoms in total. The van der Waals surface area contributed by atoms with E-state index in [-0.39, 0.29) is 10.8 Å². The van der Waals surface area contributed by atoms with Gasteiger partial charge in [-0.3, -0.25) is 20.2 Å². The van der Waals surface area contributed by atoms with Gasteiger partial charge in [0.15, 0.2) is 5.11 Å². The van der Waals surface area contributed by atoms with E-state index in [0.29, 0.717) is 12.1 Å². The number of nitro benzene ring substituents is 1. The Morgan fingerprint density at radius 3 is 2.62 bits per heavy atom. The molecule has 2 N–H and O–H groups in total. The molecule has 0 saturated carbocycles. The SMILES string of the molecule is O=C(/C=C/c1cccc([N+](=O)[O-])c1)NC(=S)NCc1ccccc1. The van der Waals surface area contributed by atoms with Crippen LogP contribution >= 0.6 is 12.2 Å². The molecule has 2 aromatic carbocycles. The Hall–Kier alpha value is -3.06. The highest BCUT2D eigenvalue weighted by atomic mass is 32.1. The van der Waals surface area contributed by atoms with E-state index in [0.717, 1.165) is 5.56 Å². The van der Waals surface area contributed by atoms with Crippen molar-refractivity contribution in [3.63, 3.8) is 0 Å². The minimum absolute atomic E-state index is 0.0300. The first-order valence-corrected chi connectivity index (χ1v) is 7.51. The lowest BCUT2D eigenvalue weighted by Crippen LogP contribution is -2.37. The first kappa shape index (κ1) is 17.3. The number of hydrogen-bond donors (Lipinski definition) is 2. The number of hydrogen-bond acceptors (Lipinski definition) is 4. The molecule has 0 aliphatic carbocycles. The zero-order valence-corrected chi connectivity index (χ0v) is 13.5. The number of carbonyl (C=O) groups excluding carboxylic acids is 1. The molecule has 0 aromatic heterocycles. The van der Waals surface area contributed by atoms with Crippen LogP contribution in [0.5, 0.6) is 0 Å². The van der Waals surface area contributed by atoms with Crippen molar-refractivity contribution in [1.29, 1.82) is 0 Å². The van der Waals surface area contributed by atoms with Crippen molar-refractivity contribution in [1.82, 2.24) is 10.6 Å². The molecule has 0 saturated heterocycles. The summed E-state index contributed by atoms with van der Waals surface area (Å²) >= 11 is 5.05. The average molecular weight is 341 g/mol. The van der Waals surface area contributed by atoms with Crippen molar-refractivity contribution in [2.24, 2.45) is 0 Å². The molecule has 0 aliphatic rings. The Morgan fingerprint density at radius 1 is 1.17 bits per heavy atom. The summed E-state index contributed by atoms with van der Waals surface area (Å²) < 4.78 is 0. The first-order valence-electron chi connectivity index (χ1n) is 7.10. The van der Waals surface area contributed by atoms with Crippen LogP contribution in [0, 0.1) is 10.1 Å². The molecule has 0 atom stereocenters. The van der Waals surface area contributed by atoms with E-state index in [1.54, 1.807) is 12.1 Å². The zero-order chi connectivity index (χ0) is 17.4. The molecular formula is C17H15N3O3S. The van der Waals surface area contributed by atoms with E-state index in [1.165, 1.54) is 24.3 Å². The Kier molecular flexibility index (Phi) is 6.16. The number of rotatable bonds is 5. The topological polar surface area (TPSA) is 84.3 Å². The molecule has 0 fully saturated rings. The summed E-state index contributed by atoms with van der Waals surface area (Å²) in [7, 11) is 0. The Balaban J connectivity index is 1.85. The van der Waals surface area contributed by atoms with E-state index >= 15 is 0 Å². The van der Waals surface area contributed by atoms with Gasteiger partial charge in [0.25, 0.3) is 5.69 Å². The molecule has 0 unspecified atom stereocenters. The fourth-order valence-corrected chi connectivity index (χ4v) is 2.06. The smallest absolute Gasteiger partial charge is 0.270 e. The minimum atomic E-state index is -0.486. The first-order chi connectivity index (χ1) is 11.5. The van der Waals surface area contributed by atoms with Crippen LogP contribution in [0.2, 0.25) is 0 Å². The highest BCUT2D eigenvalue weighted by molar-refractivity contribution is 7.80. The molecule has 1 amide bonds. The second-order valence-electron chi connectivity index (χ2n) is 4.84. The fraction of sp³-hybridized carbons (Fsp3) is 0.0588. The second kappa shape index (κ2) is 8.54. The number of nitrogens with zero attached hydrogens (tertiary/aromatic N) is 1. The van der Waals surface area contributed by atoms with Gasteiger partial charge in [0.2, 0.25) is 5.91 Å². The lowest BCUT2D eigenvalue weighted by Gasteiger charge is -2.07. The summed E-state index contributed by atoms with van der Waals surface area (Å²) in [4.78, 5) is 22.0. The van der Waals surface area contributed by atoms with Crippen molar-refractivity contribution in [2.45, 2.75) is 6.54 Å². The molecule has 0 bridgehead atoms. The van der Waals surface area contributed by atoms with Crippen LogP contribution in [0.1, 0.15) is 11.1 Å². The molecule has 2 rings (SSSR count). The predicted molar refractivity (Wildman–Crippen MR) is 96.2 cm³/mol. The molecule has 0 spiro atoms. The largest absolute Gasteiger partial charge is 0.358 e. The standard InChI is InChI=1S/C17H15N3O3S/c21-16(10-9-13-7-4-8-15(11-13)20(22)23)19-17(24)18-12-14-5-2-1-3-6-14/h1-11H,12H2,(H2,18,19,21,24)/b10-9+. The van der Waals surface area contributed by atoms with Crippen molar-refractivity contribution in [2.75, 3.05) is 0 Å².